The first-order valence-corrected chi connectivity index (χ1v) is 6.64. The van der Waals surface area contributed by atoms with E-state index in [1.807, 2.05) is 0 Å². The third-order valence-corrected chi connectivity index (χ3v) is 3.09. The molecule has 0 unspecified atom stereocenters. The Balaban J connectivity index is 1.76. The fraction of sp³-hybridized carbons (Fsp3) is 0. The first-order chi connectivity index (χ1) is 11.1. The second kappa shape index (κ2) is 6.06. The number of carbonyl (C=O) groups excluding carboxylic acids is 1. The number of nitro benzene ring substituents is 1. The molecular weight excluding hydrogens is 298 g/mol. The summed E-state index contributed by atoms with van der Waals surface area (Å²) < 4.78 is 1.71. The van der Waals surface area contributed by atoms with E-state index >= 15 is 0 Å². The summed E-state index contributed by atoms with van der Waals surface area (Å²) in [6, 6.07) is 9.05. The predicted molar refractivity (Wildman–Crippen MR) is 82.4 cm³/mol. The van der Waals surface area contributed by atoms with Crippen molar-refractivity contribution in [2.45, 2.75) is 0 Å². The summed E-state index contributed by atoms with van der Waals surface area (Å²) in [5, 5.41) is 13.3. The molecule has 2 aromatic heterocycles. The maximum Gasteiger partial charge on any atom is 0.271 e. The monoisotopic (exact) mass is 309 g/mol. The maximum absolute atomic E-state index is 12.2. The van der Waals surface area contributed by atoms with Crippen LogP contribution in [0.1, 0.15) is 10.4 Å². The second-order valence-corrected chi connectivity index (χ2v) is 4.64. The number of imidazole rings is 1. The molecule has 3 aromatic rings. The average molecular weight is 309 g/mol. The Morgan fingerprint density at radius 1 is 1.26 bits per heavy atom. The van der Waals surface area contributed by atoms with Crippen LogP contribution in [-0.4, -0.2) is 25.4 Å². The average Bonchev–Trinajstić information content (AvgIpc) is 3.09. The minimum absolute atomic E-state index is 0.0867. The Bertz CT molecular complexity index is 844. The Kier molecular flexibility index (Phi) is 3.79. The van der Waals surface area contributed by atoms with Crippen molar-refractivity contribution in [3.8, 4) is 5.82 Å². The van der Waals surface area contributed by atoms with Crippen LogP contribution in [0.25, 0.3) is 5.82 Å². The highest BCUT2D eigenvalue weighted by Gasteiger charge is 2.10. The van der Waals surface area contributed by atoms with Gasteiger partial charge in [-0.1, -0.05) is 6.07 Å². The van der Waals surface area contributed by atoms with Gasteiger partial charge in [0.1, 0.15) is 12.1 Å². The van der Waals surface area contributed by atoms with E-state index in [4.69, 9.17) is 0 Å². The molecule has 0 atom stereocenters. The maximum atomic E-state index is 12.2. The van der Waals surface area contributed by atoms with E-state index in [0.29, 0.717) is 17.1 Å². The SMILES string of the molecule is O=C(Nc1cccc([N+](=O)[O-])c1)c1ccc(-n2ccnc2)nc1. The molecule has 0 aliphatic carbocycles. The zero-order valence-electron chi connectivity index (χ0n) is 11.8. The van der Waals surface area contributed by atoms with Gasteiger partial charge in [0.25, 0.3) is 11.6 Å². The van der Waals surface area contributed by atoms with Gasteiger partial charge in [-0.05, 0) is 18.2 Å². The van der Waals surface area contributed by atoms with Crippen molar-refractivity contribution in [1.29, 1.82) is 0 Å². The van der Waals surface area contributed by atoms with E-state index in [-0.39, 0.29) is 5.69 Å². The lowest BCUT2D eigenvalue weighted by Crippen LogP contribution is -2.12. The van der Waals surface area contributed by atoms with Crippen molar-refractivity contribution in [1.82, 2.24) is 14.5 Å². The molecule has 0 saturated carbocycles. The van der Waals surface area contributed by atoms with Crippen molar-refractivity contribution < 1.29 is 9.72 Å². The zero-order valence-corrected chi connectivity index (χ0v) is 11.8. The molecule has 3 rings (SSSR count). The molecule has 0 fully saturated rings. The van der Waals surface area contributed by atoms with Crippen LogP contribution >= 0.6 is 0 Å². The number of carbonyl (C=O) groups is 1. The number of rotatable bonds is 4. The van der Waals surface area contributed by atoms with Gasteiger partial charge in [-0.25, -0.2) is 9.97 Å². The summed E-state index contributed by atoms with van der Waals surface area (Å²) in [6.07, 6.45) is 6.41. The molecule has 0 bridgehead atoms. The lowest BCUT2D eigenvalue weighted by Gasteiger charge is -2.06. The molecule has 0 aliphatic rings. The van der Waals surface area contributed by atoms with E-state index in [9.17, 15) is 14.9 Å². The van der Waals surface area contributed by atoms with Crippen LogP contribution in [0.15, 0.2) is 61.3 Å². The number of hydrogen-bond donors (Lipinski definition) is 1. The number of pyridine rings is 1. The number of benzene rings is 1. The number of nitro groups is 1. The summed E-state index contributed by atoms with van der Waals surface area (Å²) in [5.74, 6) is 0.240. The van der Waals surface area contributed by atoms with Crippen LogP contribution in [0.5, 0.6) is 0 Å². The molecular formula is C15H11N5O3. The number of amides is 1. The highest BCUT2D eigenvalue weighted by Crippen LogP contribution is 2.18. The summed E-state index contributed by atoms with van der Waals surface area (Å²) in [4.78, 5) is 30.5. The van der Waals surface area contributed by atoms with E-state index in [1.165, 1.54) is 24.4 Å². The van der Waals surface area contributed by atoms with Crippen LogP contribution in [0, 0.1) is 10.1 Å². The van der Waals surface area contributed by atoms with Crippen molar-refractivity contribution in [3.63, 3.8) is 0 Å². The Labute approximate surface area is 130 Å². The minimum Gasteiger partial charge on any atom is -0.322 e. The van der Waals surface area contributed by atoms with E-state index < -0.39 is 10.8 Å². The van der Waals surface area contributed by atoms with Gasteiger partial charge in [-0.2, -0.15) is 0 Å². The fourth-order valence-corrected chi connectivity index (χ4v) is 1.97. The third-order valence-electron chi connectivity index (χ3n) is 3.09. The number of nitrogens with zero attached hydrogens (tertiary/aromatic N) is 4. The first kappa shape index (κ1) is 14.4. The van der Waals surface area contributed by atoms with Crippen LogP contribution in [0.2, 0.25) is 0 Å². The molecule has 2 heterocycles. The molecule has 1 N–H and O–H groups in total. The van der Waals surface area contributed by atoms with Gasteiger partial charge in [0, 0.05) is 36.4 Å². The molecule has 8 nitrogen and oxygen atoms in total. The third kappa shape index (κ3) is 3.21. The number of hydrogen-bond acceptors (Lipinski definition) is 5. The molecule has 0 spiro atoms. The first-order valence-electron chi connectivity index (χ1n) is 6.64. The lowest BCUT2D eigenvalue weighted by molar-refractivity contribution is -0.384. The molecule has 0 saturated heterocycles. The van der Waals surface area contributed by atoms with Crippen LogP contribution < -0.4 is 5.32 Å². The molecule has 23 heavy (non-hydrogen) atoms. The number of anilines is 1. The van der Waals surface area contributed by atoms with Crippen molar-refractivity contribution in [2.75, 3.05) is 5.32 Å². The summed E-state index contributed by atoms with van der Waals surface area (Å²) in [7, 11) is 0. The van der Waals surface area contributed by atoms with Gasteiger partial charge in [-0.15, -0.1) is 0 Å². The van der Waals surface area contributed by atoms with Gasteiger partial charge >= 0.3 is 0 Å². The van der Waals surface area contributed by atoms with E-state index in [2.05, 4.69) is 15.3 Å². The summed E-state index contributed by atoms with van der Waals surface area (Å²) in [6.45, 7) is 0. The molecule has 8 heteroatoms. The normalized spacial score (nSPS) is 10.3. The lowest BCUT2D eigenvalue weighted by atomic mass is 10.2. The smallest absolute Gasteiger partial charge is 0.271 e. The van der Waals surface area contributed by atoms with Crippen LogP contribution in [0.4, 0.5) is 11.4 Å². The van der Waals surface area contributed by atoms with Crippen molar-refractivity contribution >= 4 is 17.3 Å². The molecule has 0 aliphatic heterocycles. The fourth-order valence-electron chi connectivity index (χ4n) is 1.97. The minimum atomic E-state index is -0.517. The van der Waals surface area contributed by atoms with Crippen molar-refractivity contribution in [2.24, 2.45) is 0 Å². The Morgan fingerprint density at radius 2 is 2.13 bits per heavy atom. The summed E-state index contributed by atoms with van der Waals surface area (Å²) in [5.41, 5.74) is 0.611. The van der Waals surface area contributed by atoms with Gasteiger partial charge in [0.15, 0.2) is 0 Å². The number of non-ortho nitro benzene ring substituents is 1. The van der Waals surface area contributed by atoms with Crippen LogP contribution in [0.3, 0.4) is 0 Å². The Morgan fingerprint density at radius 3 is 2.78 bits per heavy atom. The van der Waals surface area contributed by atoms with Crippen molar-refractivity contribution in [3.05, 3.63) is 77.0 Å². The molecule has 1 aromatic carbocycles. The second-order valence-electron chi connectivity index (χ2n) is 4.64. The van der Waals surface area contributed by atoms with Crippen LogP contribution in [-0.2, 0) is 0 Å². The van der Waals surface area contributed by atoms with Gasteiger partial charge in [-0.3, -0.25) is 19.5 Å². The van der Waals surface area contributed by atoms with E-state index in [0.717, 1.165) is 0 Å². The van der Waals surface area contributed by atoms with Gasteiger partial charge in [0.2, 0.25) is 0 Å². The highest BCUT2D eigenvalue weighted by atomic mass is 16.6. The van der Waals surface area contributed by atoms with Gasteiger partial charge in [0.05, 0.1) is 10.5 Å². The zero-order chi connectivity index (χ0) is 16.2. The number of nitrogens with one attached hydrogen (secondary N) is 1. The number of aromatic nitrogens is 3. The quantitative estimate of drug-likeness (QED) is 0.589. The van der Waals surface area contributed by atoms with E-state index in [1.54, 1.807) is 41.5 Å². The molecule has 1 amide bonds. The summed E-state index contributed by atoms with van der Waals surface area (Å²) >= 11 is 0. The van der Waals surface area contributed by atoms with Gasteiger partial charge < -0.3 is 5.32 Å². The molecule has 0 radical (unpaired) electrons. The molecule has 114 valence electrons. The standard InChI is InChI=1S/C15H11N5O3/c21-15(18-12-2-1-3-13(8-12)20(22)23)11-4-5-14(17-9-11)19-7-6-16-10-19/h1-10H,(H,18,21). The topological polar surface area (TPSA) is 103 Å². The largest absolute Gasteiger partial charge is 0.322 e. The Hall–Kier alpha value is -3.55. The highest BCUT2D eigenvalue weighted by molar-refractivity contribution is 6.04. The predicted octanol–water partition coefficient (Wildman–Crippen LogP) is 2.43.